The van der Waals surface area contributed by atoms with Crippen molar-refractivity contribution in [2.24, 2.45) is 5.41 Å². The van der Waals surface area contributed by atoms with Crippen LogP contribution < -0.4 is 10.1 Å². The number of allylic oxidation sites excluding steroid dienone is 1. The van der Waals surface area contributed by atoms with Crippen LogP contribution >= 0.6 is 0 Å². The number of likely N-dealkylation sites (tertiary alicyclic amines) is 1. The maximum Gasteiger partial charge on any atom is 0.324 e. The average molecular weight is 418 g/mol. The summed E-state index contributed by atoms with van der Waals surface area (Å²) < 4.78 is 5.95. The Kier molecular flexibility index (Phi) is 6.76. The number of hydrogen-bond donors (Lipinski definition) is 1. The SMILES string of the molecule is C=CC[C@]1(C)C[C@@H](COc2ccc(-c3ccc(C#N)cc3)cc2)N(C(=O)NCC)C1=O. The molecule has 2 atom stereocenters. The van der Waals surface area contributed by atoms with Crippen molar-refractivity contribution in [3.8, 4) is 22.9 Å². The topological polar surface area (TPSA) is 82.4 Å². The summed E-state index contributed by atoms with van der Waals surface area (Å²) in [5.74, 6) is 0.473. The van der Waals surface area contributed by atoms with Gasteiger partial charge in [0.15, 0.2) is 0 Å². The smallest absolute Gasteiger partial charge is 0.324 e. The summed E-state index contributed by atoms with van der Waals surface area (Å²) in [4.78, 5) is 26.8. The van der Waals surface area contributed by atoms with E-state index in [-0.39, 0.29) is 24.6 Å². The van der Waals surface area contributed by atoms with Crippen molar-refractivity contribution in [1.82, 2.24) is 10.2 Å². The van der Waals surface area contributed by atoms with E-state index in [1.165, 1.54) is 4.90 Å². The van der Waals surface area contributed by atoms with Crippen LogP contribution in [-0.4, -0.2) is 36.0 Å². The molecule has 160 valence electrons. The molecule has 2 aromatic carbocycles. The zero-order valence-corrected chi connectivity index (χ0v) is 17.9. The van der Waals surface area contributed by atoms with Gasteiger partial charge in [-0.25, -0.2) is 4.79 Å². The van der Waals surface area contributed by atoms with Gasteiger partial charge in [0.2, 0.25) is 5.91 Å². The standard InChI is InChI=1S/C25H27N3O3/c1-4-14-25(3)15-21(28(23(25)29)24(30)27-5-2)17-31-22-12-10-20(11-13-22)19-8-6-18(16-26)7-9-19/h4,6-13,21H,1,5,14-15,17H2,2-3H3,(H,27,30)/t21-,25+/m0/s1. The lowest BCUT2D eigenvalue weighted by Gasteiger charge is -2.23. The lowest BCUT2D eigenvalue weighted by molar-refractivity contribution is -0.133. The van der Waals surface area contributed by atoms with E-state index in [4.69, 9.17) is 10.00 Å². The van der Waals surface area contributed by atoms with E-state index < -0.39 is 5.41 Å². The number of ether oxygens (including phenoxy) is 1. The minimum absolute atomic E-state index is 0.192. The van der Waals surface area contributed by atoms with E-state index in [1.807, 2.05) is 50.2 Å². The van der Waals surface area contributed by atoms with Gasteiger partial charge in [-0.05, 0) is 55.2 Å². The van der Waals surface area contributed by atoms with Crippen LogP contribution in [0.25, 0.3) is 11.1 Å². The van der Waals surface area contributed by atoms with Crippen LogP contribution in [0.4, 0.5) is 4.79 Å². The van der Waals surface area contributed by atoms with Gasteiger partial charge in [-0.1, -0.05) is 37.3 Å². The number of carbonyl (C=O) groups is 2. The van der Waals surface area contributed by atoms with Gasteiger partial charge < -0.3 is 10.1 Å². The van der Waals surface area contributed by atoms with Crippen LogP contribution in [0.3, 0.4) is 0 Å². The second kappa shape index (κ2) is 9.48. The third-order valence-corrected chi connectivity index (χ3v) is 5.57. The van der Waals surface area contributed by atoms with Gasteiger partial charge in [0.05, 0.1) is 23.1 Å². The molecule has 3 amide bonds. The first-order valence-electron chi connectivity index (χ1n) is 10.4. The number of nitrogens with zero attached hydrogens (tertiary/aromatic N) is 2. The Balaban J connectivity index is 1.70. The fourth-order valence-corrected chi connectivity index (χ4v) is 3.95. The third-order valence-electron chi connectivity index (χ3n) is 5.57. The van der Waals surface area contributed by atoms with Gasteiger partial charge in [0.1, 0.15) is 12.4 Å². The van der Waals surface area contributed by atoms with Crippen molar-refractivity contribution in [1.29, 1.82) is 5.26 Å². The van der Waals surface area contributed by atoms with E-state index >= 15 is 0 Å². The molecular formula is C25H27N3O3. The molecule has 1 aliphatic rings. The number of imide groups is 1. The third kappa shape index (κ3) is 4.77. The molecule has 0 bridgehead atoms. The summed E-state index contributed by atoms with van der Waals surface area (Å²) in [5.41, 5.74) is 1.99. The first-order chi connectivity index (χ1) is 14.9. The second-order valence-corrected chi connectivity index (χ2v) is 7.95. The Bertz CT molecular complexity index is 992. The summed E-state index contributed by atoms with van der Waals surface area (Å²) in [6.07, 6.45) is 2.76. The first-order valence-corrected chi connectivity index (χ1v) is 10.4. The van der Waals surface area contributed by atoms with Crippen LogP contribution in [0.15, 0.2) is 61.2 Å². The zero-order valence-electron chi connectivity index (χ0n) is 17.9. The molecule has 1 aliphatic heterocycles. The molecule has 6 nitrogen and oxygen atoms in total. The molecule has 0 radical (unpaired) electrons. The van der Waals surface area contributed by atoms with Gasteiger partial charge in [-0.3, -0.25) is 9.69 Å². The van der Waals surface area contributed by atoms with Gasteiger partial charge in [0, 0.05) is 6.54 Å². The van der Waals surface area contributed by atoms with E-state index in [2.05, 4.69) is 18.0 Å². The van der Waals surface area contributed by atoms with E-state index in [0.29, 0.717) is 30.7 Å². The Hall–Kier alpha value is -3.59. The van der Waals surface area contributed by atoms with Crippen molar-refractivity contribution < 1.29 is 14.3 Å². The number of hydrogen-bond acceptors (Lipinski definition) is 4. The highest BCUT2D eigenvalue weighted by Crippen LogP contribution is 2.39. The summed E-state index contributed by atoms with van der Waals surface area (Å²) in [6, 6.07) is 16.4. The number of carbonyl (C=O) groups excluding carboxylic acids is 2. The Morgan fingerprint density at radius 3 is 2.42 bits per heavy atom. The molecular weight excluding hydrogens is 390 g/mol. The monoisotopic (exact) mass is 417 g/mol. The molecule has 1 fully saturated rings. The number of benzene rings is 2. The normalized spacial score (nSPS) is 20.2. The molecule has 0 unspecified atom stereocenters. The van der Waals surface area contributed by atoms with Crippen LogP contribution in [0.1, 0.15) is 32.3 Å². The number of nitriles is 1. The van der Waals surface area contributed by atoms with Gasteiger partial charge in [-0.15, -0.1) is 6.58 Å². The van der Waals surface area contributed by atoms with E-state index in [0.717, 1.165) is 11.1 Å². The number of nitrogens with one attached hydrogen (secondary N) is 1. The molecule has 0 aliphatic carbocycles. The lowest BCUT2D eigenvalue weighted by Crippen LogP contribution is -2.48. The second-order valence-electron chi connectivity index (χ2n) is 7.95. The molecule has 3 rings (SSSR count). The maximum atomic E-state index is 12.9. The highest BCUT2D eigenvalue weighted by molar-refractivity contribution is 5.99. The van der Waals surface area contributed by atoms with Gasteiger partial charge in [0.25, 0.3) is 0 Å². The average Bonchev–Trinajstić information content (AvgIpc) is 3.03. The fourth-order valence-electron chi connectivity index (χ4n) is 3.95. The minimum Gasteiger partial charge on any atom is -0.491 e. The van der Waals surface area contributed by atoms with Crippen LogP contribution in [0.5, 0.6) is 5.75 Å². The molecule has 6 heteroatoms. The van der Waals surface area contributed by atoms with Crippen molar-refractivity contribution in [2.45, 2.75) is 32.7 Å². The maximum absolute atomic E-state index is 12.9. The van der Waals surface area contributed by atoms with Crippen molar-refractivity contribution >= 4 is 11.9 Å². The van der Waals surface area contributed by atoms with Crippen LogP contribution in [0, 0.1) is 16.7 Å². The van der Waals surface area contributed by atoms with Crippen molar-refractivity contribution in [3.63, 3.8) is 0 Å². The molecule has 1 N–H and O–H groups in total. The predicted octanol–water partition coefficient (Wildman–Crippen LogP) is 4.52. The summed E-state index contributed by atoms with van der Waals surface area (Å²) >= 11 is 0. The Morgan fingerprint density at radius 1 is 1.26 bits per heavy atom. The quantitative estimate of drug-likeness (QED) is 0.672. The molecule has 0 saturated carbocycles. The van der Waals surface area contributed by atoms with Crippen molar-refractivity contribution in [3.05, 3.63) is 66.7 Å². The minimum atomic E-state index is -0.652. The van der Waals surface area contributed by atoms with E-state index in [9.17, 15) is 9.59 Å². The van der Waals surface area contributed by atoms with Crippen LogP contribution in [0.2, 0.25) is 0 Å². The largest absolute Gasteiger partial charge is 0.491 e. The molecule has 0 aromatic heterocycles. The Morgan fingerprint density at radius 2 is 1.87 bits per heavy atom. The van der Waals surface area contributed by atoms with E-state index in [1.54, 1.807) is 18.2 Å². The first kappa shape index (κ1) is 22.1. The summed E-state index contributed by atoms with van der Waals surface area (Å²) in [7, 11) is 0. The molecule has 31 heavy (non-hydrogen) atoms. The van der Waals surface area contributed by atoms with Gasteiger partial charge >= 0.3 is 6.03 Å². The lowest BCUT2D eigenvalue weighted by atomic mass is 9.84. The molecule has 1 saturated heterocycles. The molecule has 0 spiro atoms. The van der Waals surface area contributed by atoms with Crippen molar-refractivity contribution in [2.75, 3.05) is 13.2 Å². The number of urea groups is 1. The predicted molar refractivity (Wildman–Crippen MR) is 119 cm³/mol. The van der Waals surface area contributed by atoms with Gasteiger partial charge in [-0.2, -0.15) is 5.26 Å². The fraction of sp³-hybridized carbons (Fsp3) is 0.320. The highest BCUT2D eigenvalue weighted by atomic mass is 16.5. The zero-order chi connectivity index (χ0) is 22.4. The molecule has 2 aromatic rings. The summed E-state index contributed by atoms with van der Waals surface area (Å²) in [6.45, 7) is 8.12. The number of rotatable bonds is 7. The van der Waals surface area contributed by atoms with Crippen LogP contribution in [-0.2, 0) is 4.79 Å². The number of amides is 3. The molecule has 1 heterocycles. The Labute approximate surface area is 183 Å². The summed E-state index contributed by atoms with van der Waals surface area (Å²) in [5, 5.41) is 11.6. The highest BCUT2D eigenvalue weighted by Gasteiger charge is 2.50.